The number of hydrogen-bond acceptors (Lipinski definition) is 11. The van der Waals surface area contributed by atoms with Gasteiger partial charge in [0.15, 0.2) is 12.0 Å². The molecule has 1 aromatic heterocycles. The van der Waals surface area contributed by atoms with E-state index in [1.807, 2.05) is 0 Å². The van der Waals surface area contributed by atoms with Crippen LogP contribution in [0.3, 0.4) is 0 Å². The van der Waals surface area contributed by atoms with Crippen molar-refractivity contribution in [3.63, 3.8) is 0 Å². The van der Waals surface area contributed by atoms with E-state index in [9.17, 15) is 24.9 Å². The van der Waals surface area contributed by atoms with Crippen molar-refractivity contribution in [2.45, 2.75) is 37.0 Å². The van der Waals surface area contributed by atoms with Crippen molar-refractivity contribution in [1.29, 1.82) is 0 Å². The lowest BCUT2D eigenvalue weighted by atomic mass is 10.1. The van der Waals surface area contributed by atoms with Crippen LogP contribution in [0.2, 0.25) is 0 Å². The maximum atomic E-state index is 12.1. The molecule has 1 aliphatic rings. The molecule has 12 nitrogen and oxygen atoms in total. The lowest BCUT2D eigenvalue weighted by Gasteiger charge is -2.17. The van der Waals surface area contributed by atoms with Crippen LogP contribution < -0.4 is 16.9 Å². The van der Waals surface area contributed by atoms with E-state index < -0.39 is 48.8 Å². The molecule has 1 fully saturated rings. The summed E-state index contributed by atoms with van der Waals surface area (Å²) in [4.78, 5) is 27.7. The number of phenolic OH excluding ortho intramolecular Hbond substituents is 1. The van der Waals surface area contributed by atoms with E-state index in [4.69, 9.17) is 20.4 Å². The summed E-state index contributed by atoms with van der Waals surface area (Å²) in [6, 6.07) is 6.46. The molecule has 30 heavy (non-hydrogen) atoms. The zero-order valence-electron chi connectivity index (χ0n) is 15.7. The topological polar surface area (TPSA) is 189 Å². The summed E-state index contributed by atoms with van der Waals surface area (Å²) in [5.74, 6) is -0.752. The molecule has 1 aromatic carbocycles. The maximum Gasteiger partial charge on any atom is 0.351 e. The molecular weight excluding hydrogens is 400 g/mol. The fourth-order valence-corrected chi connectivity index (χ4v) is 3.01. The van der Waals surface area contributed by atoms with Crippen LogP contribution in [0.1, 0.15) is 11.8 Å². The highest BCUT2D eigenvalue weighted by Crippen LogP contribution is 2.28. The highest BCUT2D eigenvalue weighted by Gasteiger charge is 2.44. The zero-order chi connectivity index (χ0) is 21.8. The number of carbonyl (C=O) groups is 1. The molecule has 5 atom stereocenters. The molecule has 2 heterocycles. The number of nitrogens with zero attached hydrogens (tertiary/aromatic N) is 2. The Bertz CT molecular complexity index is 935. The lowest BCUT2D eigenvalue weighted by molar-refractivity contribution is -0.151. The number of aromatic nitrogens is 2. The Kier molecular flexibility index (Phi) is 6.64. The van der Waals surface area contributed by atoms with Crippen molar-refractivity contribution in [2.75, 3.05) is 12.1 Å². The summed E-state index contributed by atoms with van der Waals surface area (Å²) in [6.07, 6.45) is -3.88. The predicted octanol–water partition coefficient (Wildman–Crippen LogP) is -1.52. The van der Waals surface area contributed by atoms with Crippen LogP contribution in [0.15, 0.2) is 41.3 Å². The van der Waals surface area contributed by atoms with Gasteiger partial charge in [-0.3, -0.25) is 20.0 Å². The number of anilines is 1. The number of esters is 1. The molecule has 0 aliphatic carbocycles. The second kappa shape index (κ2) is 9.19. The van der Waals surface area contributed by atoms with Crippen LogP contribution in [0.5, 0.6) is 5.75 Å². The Morgan fingerprint density at radius 1 is 1.27 bits per heavy atom. The number of nitrogens with two attached hydrogens (primary N) is 1. The minimum Gasteiger partial charge on any atom is -0.508 e. The van der Waals surface area contributed by atoms with E-state index in [2.05, 4.69) is 4.98 Å². The van der Waals surface area contributed by atoms with Crippen LogP contribution >= 0.6 is 0 Å². The third-order valence-electron chi connectivity index (χ3n) is 4.64. The Morgan fingerprint density at radius 3 is 2.60 bits per heavy atom. The summed E-state index contributed by atoms with van der Waals surface area (Å²) < 4.78 is 11.5. The van der Waals surface area contributed by atoms with Crippen molar-refractivity contribution in [3.05, 3.63) is 52.6 Å². The molecule has 1 aliphatic heterocycles. The van der Waals surface area contributed by atoms with E-state index >= 15 is 0 Å². The molecule has 0 bridgehead atoms. The largest absolute Gasteiger partial charge is 0.508 e. The van der Waals surface area contributed by atoms with Crippen LogP contribution in [-0.2, 0) is 20.7 Å². The van der Waals surface area contributed by atoms with Crippen molar-refractivity contribution in [1.82, 2.24) is 9.55 Å². The Hall–Kier alpha value is -3.03. The minimum atomic E-state index is -1.48. The van der Waals surface area contributed by atoms with Gasteiger partial charge in [-0.1, -0.05) is 12.1 Å². The quantitative estimate of drug-likeness (QED) is 0.224. The van der Waals surface area contributed by atoms with Crippen molar-refractivity contribution < 1.29 is 34.8 Å². The number of nitrogens with one attached hydrogen (secondary N) is 1. The van der Waals surface area contributed by atoms with Gasteiger partial charge >= 0.3 is 11.7 Å². The number of aliphatic hydroxyl groups excluding tert-OH is 2. The number of hydrogen-bond donors (Lipinski definition) is 6. The molecule has 7 N–H and O–H groups in total. The minimum absolute atomic E-state index is 0.0898. The summed E-state index contributed by atoms with van der Waals surface area (Å²) in [6.45, 7) is -0.394. The fraction of sp³-hybridized carbons (Fsp3) is 0.389. The van der Waals surface area contributed by atoms with Crippen LogP contribution in [-0.4, -0.2) is 67.0 Å². The van der Waals surface area contributed by atoms with Gasteiger partial charge in [0.25, 0.3) is 0 Å². The fourth-order valence-electron chi connectivity index (χ4n) is 3.01. The maximum absolute atomic E-state index is 12.1. The third kappa shape index (κ3) is 4.75. The van der Waals surface area contributed by atoms with Gasteiger partial charge < -0.3 is 30.5 Å². The second-order valence-corrected chi connectivity index (χ2v) is 6.77. The van der Waals surface area contributed by atoms with Gasteiger partial charge in [0.05, 0.1) is 0 Å². The van der Waals surface area contributed by atoms with E-state index in [1.165, 1.54) is 24.4 Å². The first-order valence-corrected chi connectivity index (χ1v) is 9.01. The molecule has 162 valence electrons. The standard InChI is InChI=1S/C18H22N4O8/c19-11(7-9-1-3-10(23)4-2-9)17(26)29-8-12-14(24)15(25)16(30-12)22-6-5-13(21-28)20-18(22)27/h1-6,11-12,14-16,23-25,28H,7-8,19H2,(H,20,21,27)/t11-,12+,14+,15+,16+/m0/s1. The van der Waals surface area contributed by atoms with Gasteiger partial charge in [0.2, 0.25) is 0 Å². The molecule has 1 saturated heterocycles. The Balaban J connectivity index is 1.58. The zero-order valence-corrected chi connectivity index (χ0v) is 15.7. The van der Waals surface area contributed by atoms with Crippen molar-refractivity contribution >= 4 is 11.8 Å². The predicted molar refractivity (Wildman–Crippen MR) is 101 cm³/mol. The number of phenols is 1. The first-order valence-electron chi connectivity index (χ1n) is 9.01. The SMILES string of the molecule is N[C@@H](Cc1ccc(O)cc1)C(=O)OC[C@H]1O[C@@H](n2ccc(NO)nc2=O)[C@H](O)[C@@H]1O. The number of benzene rings is 1. The van der Waals surface area contributed by atoms with E-state index in [0.29, 0.717) is 0 Å². The van der Waals surface area contributed by atoms with E-state index in [0.717, 1.165) is 10.1 Å². The average Bonchev–Trinajstić information content (AvgIpc) is 3.01. The van der Waals surface area contributed by atoms with Crippen molar-refractivity contribution in [2.24, 2.45) is 5.73 Å². The highest BCUT2D eigenvalue weighted by molar-refractivity contribution is 5.75. The number of aromatic hydroxyl groups is 1. The number of aliphatic hydroxyl groups is 2. The number of ether oxygens (including phenoxy) is 2. The lowest BCUT2D eigenvalue weighted by Crippen LogP contribution is -2.39. The normalized spacial score (nSPS) is 24.4. The molecule has 2 aromatic rings. The Morgan fingerprint density at radius 2 is 1.97 bits per heavy atom. The smallest absolute Gasteiger partial charge is 0.351 e. The Labute approximate surface area is 170 Å². The van der Waals surface area contributed by atoms with Crippen molar-refractivity contribution in [3.8, 4) is 5.75 Å². The highest BCUT2D eigenvalue weighted by atomic mass is 16.6. The third-order valence-corrected chi connectivity index (χ3v) is 4.64. The monoisotopic (exact) mass is 422 g/mol. The van der Waals surface area contributed by atoms with Gasteiger partial charge in [-0.05, 0) is 30.2 Å². The molecule has 0 radical (unpaired) electrons. The second-order valence-electron chi connectivity index (χ2n) is 6.77. The van der Waals surface area contributed by atoms with E-state index in [1.54, 1.807) is 17.6 Å². The molecule has 0 spiro atoms. The molecule has 0 amide bonds. The van der Waals surface area contributed by atoms with E-state index in [-0.39, 0.29) is 18.0 Å². The summed E-state index contributed by atoms with van der Waals surface area (Å²) >= 11 is 0. The van der Waals surface area contributed by atoms with Crippen LogP contribution in [0, 0.1) is 0 Å². The van der Waals surface area contributed by atoms with Crippen LogP contribution in [0.4, 0.5) is 5.82 Å². The van der Waals surface area contributed by atoms with Gasteiger partial charge in [-0.2, -0.15) is 4.98 Å². The first kappa shape index (κ1) is 21.7. The van der Waals surface area contributed by atoms with Gasteiger partial charge in [-0.25, -0.2) is 4.79 Å². The molecule has 0 unspecified atom stereocenters. The molecular formula is C18H22N4O8. The first-order chi connectivity index (χ1) is 14.3. The summed E-state index contributed by atoms with van der Waals surface area (Å²) in [7, 11) is 0. The molecule has 12 heteroatoms. The van der Waals surface area contributed by atoms with Gasteiger partial charge in [0.1, 0.15) is 36.7 Å². The summed E-state index contributed by atoms with van der Waals surface area (Å²) in [5, 5.41) is 38.4. The summed E-state index contributed by atoms with van der Waals surface area (Å²) in [5.41, 5.74) is 7.43. The van der Waals surface area contributed by atoms with Gasteiger partial charge in [-0.15, -0.1) is 0 Å². The molecule has 3 rings (SSSR count). The average molecular weight is 422 g/mol. The van der Waals surface area contributed by atoms with Gasteiger partial charge in [0, 0.05) is 6.20 Å². The number of carbonyl (C=O) groups excluding carboxylic acids is 1. The van der Waals surface area contributed by atoms with Crippen LogP contribution in [0.25, 0.3) is 0 Å². The molecule has 0 saturated carbocycles. The number of rotatable bonds is 7.